The molecule has 3 nitrogen and oxygen atoms in total. The fourth-order valence-electron chi connectivity index (χ4n) is 3.24. The van der Waals surface area contributed by atoms with Crippen molar-refractivity contribution in [1.82, 2.24) is 9.88 Å². The van der Waals surface area contributed by atoms with Gasteiger partial charge in [-0.1, -0.05) is 12.8 Å². The number of aromatic nitrogens is 1. The van der Waals surface area contributed by atoms with Gasteiger partial charge < -0.3 is 9.88 Å². The highest BCUT2D eigenvalue weighted by atomic mass is 16.1. The van der Waals surface area contributed by atoms with Crippen molar-refractivity contribution in [3.63, 3.8) is 0 Å². The smallest absolute Gasteiger partial charge is 0.251 e. The normalized spacial score (nSPS) is 15.9. The van der Waals surface area contributed by atoms with Crippen LogP contribution in [-0.2, 0) is 7.05 Å². The summed E-state index contributed by atoms with van der Waals surface area (Å²) in [6, 6.07) is 6.39. The minimum Gasteiger partial charge on any atom is -0.349 e. The van der Waals surface area contributed by atoms with Crippen molar-refractivity contribution in [3.8, 4) is 0 Å². The molecular formula is C17H22N2O. The van der Waals surface area contributed by atoms with E-state index in [1.165, 1.54) is 35.0 Å². The second-order valence-electron chi connectivity index (χ2n) is 5.96. The number of nitrogens with one attached hydrogen (secondary N) is 1. The maximum absolute atomic E-state index is 12.3. The summed E-state index contributed by atoms with van der Waals surface area (Å²) < 4.78 is 2.18. The summed E-state index contributed by atoms with van der Waals surface area (Å²) in [4.78, 5) is 12.3. The molecular weight excluding hydrogens is 248 g/mol. The number of benzene rings is 1. The second-order valence-corrected chi connectivity index (χ2v) is 5.96. The predicted molar refractivity (Wildman–Crippen MR) is 82.1 cm³/mol. The quantitative estimate of drug-likeness (QED) is 0.890. The van der Waals surface area contributed by atoms with Crippen LogP contribution in [0.2, 0.25) is 0 Å². The molecule has 3 heteroatoms. The van der Waals surface area contributed by atoms with E-state index in [9.17, 15) is 4.79 Å². The number of hydrogen-bond acceptors (Lipinski definition) is 1. The van der Waals surface area contributed by atoms with Gasteiger partial charge in [-0.3, -0.25) is 4.79 Å². The van der Waals surface area contributed by atoms with Gasteiger partial charge in [-0.2, -0.15) is 0 Å². The number of carbonyl (C=O) groups is 1. The molecule has 0 saturated heterocycles. The molecule has 0 bridgehead atoms. The second kappa shape index (κ2) is 4.97. The molecule has 0 aliphatic heterocycles. The van der Waals surface area contributed by atoms with Crippen LogP contribution in [0.4, 0.5) is 0 Å². The molecule has 0 atom stereocenters. The van der Waals surface area contributed by atoms with Crippen LogP contribution in [0.5, 0.6) is 0 Å². The third-order valence-electron chi connectivity index (χ3n) is 4.76. The molecule has 106 valence electrons. The van der Waals surface area contributed by atoms with Gasteiger partial charge >= 0.3 is 0 Å². The highest BCUT2D eigenvalue weighted by Gasteiger charge is 2.18. The SMILES string of the molecule is Cc1c(C)n(C)c2ccc(C(=O)NC3CCCC3)cc12. The lowest BCUT2D eigenvalue weighted by atomic mass is 10.1. The molecule has 1 heterocycles. The van der Waals surface area contributed by atoms with E-state index in [2.05, 4.69) is 36.8 Å². The summed E-state index contributed by atoms with van der Waals surface area (Å²) in [5, 5.41) is 4.34. The Hall–Kier alpha value is -1.77. The molecule has 1 N–H and O–H groups in total. The topological polar surface area (TPSA) is 34.0 Å². The van der Waals surface area contributed by atoms with Crippen LogP contribution in [0.25, 0.3) is 10.9 Å². The van der Waals surface area contributed by atoms with Crippen LogP contribution >= 0.6 is 0 Å². The Balaban J connectivity index is 1.92. The molecule has 1 amide bonds. The molecule has 0 unspecified atom stereocenters. The minimum absolute atomic E-state index is 0.0692. The first kappa shape index (κ1) is 13.2. The number of aryl methyl sites for hydroxylation is 2. The van der Waals surface area contributed by atoms with Crippen molar-refractivity contribution in [2.75, 3.05) is 0 Å². The van der Waals surface area contributed by atoms with Crippen molar-refractivity contribution >= 4 is 16.8 Å². The van der Waals surface area contributed by atoms with Gasteiger partial charge in [-0.15, -0.1) is 0 Å². The van der Waals surface area contributed by atoms with Gasteiger partial charge in [0.15, 0.2) is 0 Å². The number of carbonyl (C=O) groups excluding carboxylic acids is 1. The molecule has 1 aliphatic carbocycles. The fraction of sp³-hybridized carbons (Fsp3) is 0.471. The number of rotatable bonds is 2. The lowest BCUT2D eigenvalue weighted by Gasteiger charge is -2.12. The van der Waals surface area contributed by atoms with Gasteiger partial charge in [0.1, 0.15) is 0 Å². The first-order chi connectivity index (χ1) is 9.58. The molecule has 1 aromatic heterocycles. The zero-order chi connectivity index (χ0) is 14.3. The Morgan fingerprint density at radius 3 is 2.65 bits per heavy atom. The van der Waals surface area contributed by atoms with Crippen molar-refractivity contribution in [1.29, 1.82) is 0 Å². The van der Waals surface area contributed by atoms with Gasteiger partial charge in [0, 0.05) is 35.2 Å². The standard InChI is InChI=1S/C17H22N2O/c1-11-12(2)19(3)16-9-8-13(10-15(11)16)17(20)18-14-6-4-5-7-14/h8-10,14H,4-7H2,1-3H3,(H,18,20). The summed E-state index contributed by atoms with van der Waals surface area (Å²) in [5.41, 5.74) is 4.49. The van der Waals surface area contributed by atoms with Gasteiger partial charge in [-0.05, 0) is 50.5 Å². The lowest BCUT2D eigenvalue weighted by molar-refractivity contribution is 0.0938. The lowest BCUT2D eigenvalue weighted by Crippen LogP contribution is -2.32. The third-order valence-corrected chi connectivity index (χ3v) is 4.76. The maximum Gasteiger partial charge on any atom is 0.251 e. The summed E-state index contributed by atoms with van der Waals surface area (Å²) in [6.45, 7) is 4.24. The Morgan fingerprint density at radius 2 is 1.95 bits per heavy atom. The van der Waals surface area contributed by atoms with Crippen molar-refractivity contribution in [2.24, 2.45) is 7.05 Å². The average molecular weight is 270 g/mol. The fourth-order valence-corrected chi connectivity index (χ4v) is 3.24. The molecule has 1 aromatic carbocycles. The van der Waals surface area contributed by atoms with Gasteiger partial charge in [-0.25, -0.2) is 0 Å². The van der Waals surface area contributed by atoms with E-state index < -0.39 is 0 Å². The van der Waals surface area contributed by atoms with Crippen molar-refractivity contribution < 1.29 is 4.79 Å². The van der Waals surface area contributed by atoms with E-state index in [4.69, 9.17) is 0 Å². The summed E-state index contributed by atoms with van der Waals surface area (Å²) in [6.07, 6.45) is 4.72. The third kappa shape index (κ3) is 2.11. The zero-order valence-electron chi connectivity index (χ0n) is 12.5. The zero-order valence-corrected chi connectivity index (χ0v) is 12.5. The first-order valence-electron chi connectivity index (χ1n) is 7.44. The number of nitrogens with zero attached hydrogens (tertiary/aromatic N) is 1. The van der Waals surface area contributed by atoms with Crippen LogP contribution in [0.15, 0.2) is 18.2 Å². The summed E-state index contributed by atoms with van der Waals surface area (Å²) in [7, 11) is 2.07. The molecule has 2 aromatic rings. The van der Waals surface area contributed by atoms with Crippen LogP contribution < -0.4 is 5.32 Å². The predicted octanol–water partition coefficient (Wildman–Crippen LogP) is 3.47. The van der Waals surface area contributed by atoms with E-state index in [1.807, 2.05) is 12.1 Å². The molecule has 1 saturated carbocycles. The number of hydrogen-bond donors (Lipinski definition) is 1. The van der Waals surface area contributed by atoms with Crippen LogP contribution in [0.1, 0.15) is 47.3 Å². The molecule has 3 rings (SSSR count). The molecule has 1 fully saturated rings. The largest absolute Gasteiger partial charge is 0.349 e. The van der Waals surface area contributed by atoms with E-state index in [0.717, 1.165) is 18.4 Å². The highest BCUT2D eigenvalue weighted by Crippen LogP contribution is 2.25. The Bertz CT molecular complexity index is 663. The van der Waals surface area contributed by atoms with E-state index >= 15 is 0 Å². The molecule has 20 heavy (non-hydrogen) atoms. The van der Waals surface area contributed by atoms with Gasteiger partial charge in [0.05, 0.1) is 0 Å². The van der Waals surface area contributed by atoms with Crippen molar-refractivity contribution in [3.05, 3.63) is 35.0 Å². The van der Waals surface area contributed by atoms with E-state index in [-0.39, 0.29) is 5.91 Å². The van der Waals surface area contributed by atoms with Crippen molar-refractivity contribution in [2.45, 2.75) is 45.6 Å². The Kier molecular flexibility index (Phi) is 3.28. The van der Waals surface area contributed by atoms with E-state index in [1.54, 1.807) is 0 Å². The van der Waals surface area contributed by atoms with Gasteiger partial charge in [0.25, 0.3) is 5.91 Å². The summed E-state index contributed by atoms with van der Waals surface area (Å²) in [5.74, 6) is 0.0692. The monoisotopic (exact) mass is 270 g/mol. The van der Waals surface area contributed by atoms with Gasteiger partial charge in [0.2, 0.25) is 0 Å². The number of fused-ring (bicyclic) bond motifs is 1. The Morgan fingerprint density at radius 1 is 1.25 bits per heavy atom. The Labute approximate surface area is 120 Å². The molecule has 0 radical (unpaired) electrons. The van der Waals surface area contributed by atoms with Crippen LogP contribution in [0, 0.1) is 13.8 Å². The minimum atomic E-state index is 0.0692. The summed E-state index contributed by atoms with van der Waals surface area (Å²) >= 11 is 0. The van der Waals surface area contributed by atoms with Crippen LogP contribution in [0.3, 0.4) is 0 Å². The number of amides is 1. The van der Waals surface area contributed by atoms with Crippen LogP contribution in [-0.4, -0.2) is 16.5 Å². The molecule has 1 aliphatic rings. The highest BCUT2D eigenvalue weighted by molar-refractivity contribution is 5.99. The molecule has 0 spiro atoms. The first-order valence-corrected chi connectivity index (χ1v) is 7.44. The average Bonchev–Trinajstić information content (AvgIpc) is 3.03. The van der Waals surface area contributed by atoms with E-state index in [0.29, 0.717) is 6.04 Å². The maximum atomic E-state index is 12.3.